The van der Waals surface area contributed by atoms with Crippen LogP contribution in [0.2, 0.25) is 0 Å². The summed E-state index contributed by atoms with van der Waals surface area (Å²) in [6.07, 6.45) is 11.8. The largest absolute Gasteiger partial charge is 0.376 e. The number of hydrogen-bond acceptors (Lipinski definition) is 3. The zero-order valence-corrected chi connectivity index (χ0v) is 13.9. The molecule has 4 unspecified atom stereocenters. The van der Waals surface area contributed by atoms with Crippen molar-refractivity contribution in [3.8, 4) is 0 Å². The quantitative estimate of drug-likeness (QED) is 0.658. The number of halogens is 1. The predicted molar refractivity (Wildman–Crippen MR) is 82.4 cm³/mol. The van der Waals surface area contributed by atoms with E-state index in [0.717, 1.165) is 37.3 Å². The Bertz CT molecular complexity index is 295. The Morgan fingerprint density at radius 3 is 1.95 bits per heavy atom. The number of rotatable bonds is 7. The van der Waals surface area contributed by atoms with Crippen molar-refractivity contribution in [1.82, 2.24) is 0 Å². The second kappa shape index (κ2) is 7.57. The Hall–Kier alpha value is 0.360. The van der Waals surface area contributed by atoms with Crippen LogP contribution < -0.4 is 0 Å². The molecule has 3 fully saturated rings. The summed E-state index contributed by atoms with van der Waals surface area (Å²) in [5, 5.41) is 0.943. The maximum absolute atomic E-state index is 6.10. The van der Waals surface area contributed by atoms with E-state index < -0.39 is 0 Å². The first kappa shape index (κ1) is 15.3. The van der Waals surface area contributed by atoms with E-state index in [2.05, 4.69) is 15.9 Å². The molecule has 4 heteroatoms. The standard InChI is InChI=1S/C16H27BrO3/c17-9-14-5-7-16(20-14)11-18-10-15-6-4-13(19-15)8-12-2-1-3-12/h12-16H,1-11H2. The third-order valence-corrected chi connectivity index (χ3v) is 5.71. The van der Waals surface area contributed by atoms with Crippen LogP contribution in [0.5, 0.6) is 0 Å². The lowest BCUT2D eigenvalue weighted by Gasteiger charge is -2.28. The molecule has 0 spiro atoms. The van der Waals surface area contributed by atoms with Crippen LogP contribution in [0.25, 0.3) is 0 Å². The summed E-state index contributed by atoms with van der Waals surface area (Å²) in [6, 6.07) is 0. The molecule has 4 atom stereocenters. The minimum Gasteiger partial charge on any atom is -0.376 e. The monoisotopic (exact) mass is 346 g/mol. The second-order valence-electron chi connectivity index (χ2n) is 6.64. The van der Waals surface area contributed by atoms with Gasteiger partial charge < -0.3 is 14.2 Å². The van der Waals surface area contributed by atoms with E-state index in [1.807, 2.05) is 0 Å². The first-order valence-corrected chi connectivity index (χ1v) is 9.40. The van der Waals surface area contributed by atoms with Gasteiger partial charge in [-0.2, -0.15) is 0 Å². The van der Waals surface area contributed by atoms with Crippen molar-refractivity contribution in [2.75, 3.05) is 18.5 Å². The molecule has 2 aliphatic heterocycles. The molecule has 0 bridgehead atoms. The van der Waals surface area contributed by atoms with E-state index in [1.165, 1.54) is 38.5 Å². The molecular formula is C16H27BrO3. The van der Waals surface area contributed by atoms with E-state index in [-0.39, 0.29) is 0 Å². The molecule has 1 saturated carbocycles. The molecule has 0 radical (unpaired) electrons. The molecule has 3 aliphatic rings. The normalized spacial score (nSPS) is 38.2. The molecule has 3 rings (SSSR count). The smallest absolute Gasteiger partial charge is 0.0813 e. The Morgan fingerprint density at radius 1 is 0.800 bits per heavy atom. The van der Waals surface area contributed by atoms with Gasteiger partial charge in [-0.05, 0) is 38.0 Å². The topological polar surface area (TPSA) is 27.7 Å². The van der Waals surface area contributed by atoms with Crippen LogP contribution in [0.15, 0.2) is 0 Å². The molecule has 2 saturated heterocycles. The fourth-order valence-corrected chi connectivity index (χ4v) is 4.00. The van der Waals surface area contributed by atoms with Crippen LogP contribution in [-0.4, -0.2) is 43.0 Å². The molecular weight excluding hydrogens is 320 g/mol. The molecule has 1 aliphatic carbocycles. The molecule has 3 nitrogen and oxygen atoms in total. The predicted octanol–water partition coefficient (Wildman–Crippen LogP) is 3.68. The van der Waals surface area contributed by atoms with Crippen molar-refractivity contribution >= 4 is 15.9 Å². The zero-order chi connectivity index (χ0) is 13.8. The Kier molecular flexibility index (Phi) is 5.78. The molecule has 0 N–H and O–H groups in total. The van der Waals surface area contributed by atoms with Gasteiger partial charge in [0.25, 0.3) is 0 Å². The Labute approximate surface area is 130 Å². The van der Waals surface area contributed by atoms with Crippen molar-refractivity contribution in [3.05, 3.63) is 0 Å². The van der Waals surface area contributed by atoms with E-state index in [9.17, 15) is 0 Å². The maximum atomic E-state index is 6.10. The molecule has 20 heavy (non-hydrogen) atoms. The van der Waals surface area contributed by atoms with E-state index in [1.54, 1.807) is 0 Å². The van der Waals surface area contributed by atoms with Gasteiger partial charge in [0.05, 0.1) is 37.6 Å². The van der Waals surface area contributed by atoms with Gasteiger partial charge in [-0.15, -0.1) is 0 Å². The summed E-state index contributed by atoms with van der Waals surface area (Å²) in [7, 11) is 0. The highest BCUT2D eigenvalue weighted by atomic mass is 79.9. The highest BCUT2D eigenvalue weighted by Crippen LogP contribution is 2.35. The van der Waals surface area contributed by atoms with Crippen molar-refractivity contribution in [2.45, 2.75) is 75.8 Å². The van der Waals surface area contributed by atoms with Gasteiger partial charge in [-0.1, -0.05) is 35.2 Å². The second-order valence-corrected chi connectivity index (χ2v) is 7.29. The molecule has 0 amide bonds. The molecule has 0 aromatic heterocycles. The van der Waals surface area contributed by atoms with Gasteiger partial charge >= 0.3 is 0 Å². The molecule has 2 heterocycles. The first-order chi connectivity index (χ1) is 9.83. The Balaban J connectivity index is 1.26. The van der Waals surface area contributed by atoms with Crippen LogP contribution in [0, 0.1) is 5.92 Å². The molecule has 0 aromatic carbocycles. The lowest BCUT2D eigenvalue weighted by Crippen LogP contribution is -2.24. The van der Waals surface area contributed by atoms with Crippen LogP contribution in [0.1, 0.15) is 51.4 Å². The van der Waals surface area contributed by atoms with Crippen molar-refractivity contribution in [1.29, 1.82) is 0 Å². The van der Waals surface area contributed by atoms with Crippen molar-refractivity contribution in [2.24, 2.45) is 5.92 Å². The highest BCUT2D eigenvalue weighted by molar-refractivity contribution is 9.09. The number of alkyl halides is 1. The van der Waals surface area contributed by atoms with Crippen LogP contribution >= 0.6 is 15.9 Å². The average Bonchev–Trinajstić information content (AvgIpc) is 3.03. The summed E-state index contributed by atoms with van der Waals surface area (Å²) in [5.74, 6) is 0.952. The molecule has 116 valence electrons. The first-order valence-electron chi connectivity index (χ1n) is 8.28. The number of ether oxygens (including phenoxy) is 3. The van der Waals surface area contributed by atoms with Gasteiger partial charge in [-0.25, -0.2) is 0 Å². The lowest BCUT2D eigenvalue weighted by molar-refractivity contribution is -0.0541. The van der Waals surface area contributed by atoms with E-state index >= 15 is 0 Å². The van der Waals surface area contributed by atoms with Gasteiger partial charge in [0.2, 0.25) is 0 Å². The lowest BCUT2D eigenvalue weighted by atomic mass is 9.81. The fraction of sp³-hybridized carbons (Fsp3) is 1.00. The summed E-state index contributed by atoms with van der Waals surface area (Å²) in [4.78, 5) is 0. The fourth-order valence-electron chi connectivity index (χ4n) is 3.52. The Morgan fingerprint density at radius 2 is 1.40 bits per heavy atom. The summed E-state index contributed by atoms with van der Waals surface area (Å²) >= 11 is 3.48. The zero-order valence-electron chi connectivity index (χ0n) is 12.3. The van der Waals surface area contributed by atoms with Crippen LogP contribution in [0.3, 0.4) is 0 Å². The van der Waals surface area contributed by atoms with E-state index in [0.29, 0.717) is 24.4 Å². The van der Waals surface area contributed by atoms with Gasteiger partial charge in [0.15, 0.2) is 0 Å². The number of hydrogen-bond donors (Lipinski definition) is 0. The van der Waals surface area contributed by atoms with Crippen LogP contribution in [0.4, 0.5) is 0 Å². The SMILES string of the molecule is BrCC1CCC(COCC2CCC(CC3CCC3)O2)O1. The molecule has 0 aromatic rings. The van der Waals surface area contributed by atoms with Crippen LogP contribution in [-0.2, 0) is 14.2 Å². The van der Waals surface area contributed by atoms with Gasteiger partial charge in [0.1, 0.15) is 0 Å². The summed E-state index contributed by atoms with van der Waals surface area (Å²) in [6.45, 7) is 1.48. The van der Waals surface area contributed by atoms with E-state index in [4.69, 9.17) is 14.2 Å². The van der Waals surface area contributed by atoms with Gasteiger partial charge in [-0.3, -0.25) is 0 Å². The average molecular weight is 347 g/mol. The maximum Gasteiger partial charge on any atom is 0.0813 e. The van der Waals surface area contributed by atoms with Crippen molar-refractivity contribution in [3.63, 3.8) is 0 Å². The third kappa shape index (κ3) is 4.19. The van der Waals surface area contributed by atoms with Crippen molar-refractivity contribution < 1.29 is 14.2 Å². The summed E-state index contributed by atoms with van der Waals surface area (Å²) in [5.41, 5.74) is 0. The summed E-state index contributed by atoms with van der Waals surface area (Å²) < 4.78 is 17.8. The highest BCUT2D eigenvalue weighted by Gasteiger charge is 2.30. The van der Waals surface area contributed by atoms with Gasteiger partial charge in [0, 0.05) is 5.33 Å². The third-order valence-electron chi connectivity index (χ3n) is 4.99. The minimum atomic E-state index is 0.296. The minimum absolute atomic E-state index is 0.296.